The van der Waals surface area contributed by atoms with E-state index in [1.54, 1.807) is 24.3 Å². The van der Waals surface area contributed by atoms with Crippen molar-refractivity contribution in [2.75, 3.05) is 0 Å². The predicted octanol–water partition coefficient (Wildman–Crippen LogP) is 2.83. The Hall–Kier alpha value is -2.36. The van der Waals surface area contributed by atoms with Crippen LogP contribution in [0, 0.1) is 0 Å². The summed E-state index contributed by atoms with van der Waals surface area (Å²) in [5.74, 6) is -0.562. The Morgan fingerprint density at radius 3 is 1.84 bits per heavy atom. The second-order valence-electron chi connectivity index (χ2n) is 5.03. The maximum Gasteiger partial charge on any atom is 0.161 e. The fourth-order valence-corrected chi connectivity index (χ4v) is 2.10. The molecule has 0 bridgehead atoms. The molecule has 2 aromatic rings. The minimum Gasteiger partial charge on any atom is -0.508 e. The number of aromatic hydroxyl groups is 4. The largest absolute Gasteiger partial charge is 0.508 e. The summed E-state index contributed by atoms with van der Waals surface area (Å²) >= 11 is 0. The number of rotatable bonds is 2. The van der Waals surface area contributed by atoms with Crippen molar-refractivity contribution < 1.29 is 20.4 Å². The standard InChI is InChI=1S/C15H16O4/c1-15(2,9-3-5-10(16)6-4-9)11-7-13(18)14(19)8-12(11)17/h3-8,16-19H,1-2H3. The molecule has 0 radical (unpaired) electrons. The molecule has 2 rings (SSSR count). The lowest BCUT2D eigenvalue weighted by molar-refractivity contribution is 0.390. The summed E-state index contributed by atoms with van der Waals surface area (Å²) in [4.78, 5) is 0. The number of benzene rings is 2. The van der Waals surface area contributed by atoms with Gasteiger partial charge in [-0.2, -0.15) is 0 Å². The van der Waals surface area contributed by atoms with Crippen LogP contribution in [0.5, 0.6) is 23.0 Å². The first kappa shape index (κ1) is 13.1. The van der Waals surface area contributed by atoms with Crippen molar-refractivity contribution in [3.63, 3.8) is 0 Å². The van der Waals surface area contributed by atoms with Crippen molar-refractivity contribution in [3.05, 3.63) is 47.5 Å². The zero-order valence-electron chi connectivity index (χ0n) is 10.8. The summed E-state index contributed by atoms with van der Waals surface area (Å²) in [7, 11) is 0. The van der Waals surface area contributed by atoms with Gasteiger partial charge in [0.1, 0.15) is 11.5 Å². The van der Waals surface area contributed by atoms with Gasteiger partial charge in [0.2, 0.25) is 0 Å². The molecule has 4 N–H and O–H groups in total. The first-order valence-corrected chi connectivity index (χ1v) is 5.87. The molecule has 19 heavy (non-hydrogen) atoms. The summed E-state index contributed by atoms with van der Waals surface area (Å²) in [5, 5.41) is 38.2. The Morgan fingerprint density at radius 1 is 0.737 bits per heavy atom. The van der Waals surface area contributed by atoms with E-state index in [1.165, 1.54) is 6.07 Å². The molecular weight excluding hydrogens is 244 g/mol. The molecule has 0 amide bonds. The van der Waals surface area contributed by atoms with Crippen LogP contribution >= 0.6 is 0 Å². The van der Waals surface area contributed by atoms with Crippen LogP contribution in [0.25, 0.3) is 0 Å². The van der Waals surface area contributed by atoms with Crippen LogP contribution in [0.3, 0.4) is 0 Å². The predicted molar refractivity (Wildman–Crippen MR) is 71.7 cm³/mol. The zero-order valence-corrected chi connectivity index (χ0v) is 10.8. The second kappa shape index (κ2) is 4.39. The molecule has 0 atom stereocenters. The van der Waals surface area contributed by atoms with Crippen LogP contribution in [-0.2, 0) is 5.41 Å². The monoisotopic (exact) mass is 260 g/mol. The van der Waals surface area contributed by atoms with Gasteiger partial charge in [-0.25, -0.2) is 0 Å². The van der Waals surface area contributed by atoms with Gasteiger partial charge in [-0.05, 0) is 23.8 Å². The van der Waals surface area contributed by atoms with E-state index >= 15 is 0 Å². The zero-order chi connectivity index (χ0) is 14.2. The molecule has 2 aromatic carbocycles. The quantitative estimate of drug-likeness (QED) is 0.494. The van der Waals surface area contributed by atoms with E-state index in [4.69, 9.17) is 0 Å². The number of hydrogen-bond donors (Lipinski definition) is 4. The first-order chi connectivity index (χ1) is 8.82. The maximum absolute atomic E-state index is 9.95. The lowest BCUT2D eigenvalue weighted by Gasteiger charge is -2.27. The van der Waals surface area contributed by atoms with E-state index in [-0.39, 0.29) is 23.0 Å². The molecule has 0 saturated carbocycles. The van der Waals surface area contributed by atoms with Gasteiger partial charge >= 0.3 is 0 Å². The van der Waals surface area contributed by atoms with Crippen LogP contribution in [0.15, 0.2) is 36.4 Å². The Bertz CT molecular complexity index is 600. The van der Waals surface area contributed by atoms with Gasteiger partial charge in [0.05, 0.1) is 0 Å². The van der Waals surface area contributed by atoms with Gasteiger partial charge in [-0.1, -0.05) is 26.0 Å². The van der Waals surface area contributed by atoms with Crippen LogP contribution < -0.4 is 0 Å². The van der Waals surface area contributed by atoms with E-state index in [1.807, 2.05) is 13.8 Å². The molecule has 0 aliphatic heterocycles. The van der Waals surface area contributed by atoms with Gasteiger partial charge in [0.25, 0.3) is 0 Å². The molecule has 0 fully saturated rings. The van der Waals surface area contributed by atoms with Crippen molar-refractivity contribution in [2.24, 2.45) is 0 Å². The molecule has 0 aliphatic carbocycles. The fourth-order valence-electron chi connectivity index (χ4n) is 2.10. The summed E-state index contributed by atoms with van der Waals surface area (Å²) in [6.07, 6.45) is 0. The average Bonchev–Trinajstić information content (AvgIpc) is 2.34. The van der Waals surface area contributed by atoms with Crippen molar-refractivity contribution in [3.8, 4) is 23.0 Å². The summed E-state index contributed by atoms with van der Waals surface area (Å²) < 4.78 is 0. The van der Waals surface area contributed by atoms with Crippen LogP contribution in [-0.4, -0.2) is 20.4 Å². The Balaban J connectivity index is 2.55. The third-order valence-electron chi connectivity index (χ3n) is 3.36. The van der Waals surface area contributed by atoms with Crippen molar-refractivity contribution in [1.82, 2.24) is 0 Å². The Morgan fingerprint density at radius 2 is 1.26 bits per heavy atom. The van der Waals surface area contributed by atoms with Gasteiger partial charge in [0, 0.05) is 17.0 Å². The maximum atomic E-state index is 9.95. The highest BCUT2D eigenvalue weighted by Gasteiger charge is 2.27. The van der Waals surface area contributed by atoms with E-state index in [2.05, 4.69) is 0 Å². The fraction of sp³-hybridized carbons (Fsp3) is 0.200. The number of phenolic OH excluding ortho intramolecular Hbond substituents is 4. The highest BCUT2D eigenvalue weighted by atomic mass is 16.3. The van der Waals surface area contributed by atoms with Crippen molar-refractivity contribution in [2.45, 2.75) is 19.3 Å². The number of phenols is 4. The summed E-state index contributed by atoms with van der Waals surface area (Å²) in [6.45, 7) is 3.76. The molecule has 0 spiro atoms. The van der Waals surface area contributed by atoms with E-state index in [0.29, 0.717) is 5.56 Å². The molecule has 0 aliphatic rings. The van der Waals surface area contributed by atoms with E-state index < -0.39 is 5.41 Å². The highest BCUT2D eigenvalue weighted by molar-refractivity contribution is 5.54. The molecule has 4 heteroatoms. The lowest BCUT2D eigenvalue weighted by Crippen LogP contribution is -2.18. The molecule has 4 nitrogen and oxygen atoms in total. The second-order valence-corrected chi connectivity index (χ2v) is 5.03. The van der Waals surface area contributed by atoms with Gasteiger partial charge in [-0.3, -0.25) is 0 Å². The number of hydrogen-bond acceptors (Lipinski definition) is 4. The Labute approximate surface area is 111 Å². The van der Waals surface area contributed by atoms with Crippen LogP contribution in [0.2, 0.25) is 0 Å². The van der Waals surface area contributed by atoms with Crippen molar-refractivity contribution in [1.29, 1.82) is 0 Å². The van der Waals surface area contributed by atoms with Gasteiger partial charge < -0.3 is 20.4 Å². The van der Waals surface area contributed by atoms with E-state index in [0.717, 1.165) is 11.6 Å². The smallest absolute Gasteiger partial charge is 0.161 e. The normalized spacial score (nSPS) is 11.5. The Kier molecular flexibility index (Phi) is 3.02. The van der Waals surface area contributed by atoms with E-state index in [9.17, 15) is 20.4 Å². The van der Waals surface area contributed by atoms with Crippen LogP contribution in [0.1, 0.15) is 25.0 Å². The minimum atomic E-state index is -0.580. The third kappa shape index (κ3) is 2.29. The topological polar surface area (TPSA) is 80.9 Å². The molecule has 100 valence electrons. The summed E-state index contributed by atoms with van der Waals surface area (Å²) in [6, 6.07) is 9.09. The molecular formula is C15H16O4. The molecule has 0 saturated heterocycles. The first-order valence-electron chi connectivity index (χ1n) is 5.87. The molecule has 0 unspecified atom stereocenters. The van der Waals surface area contributed by atoms with Crippen molar-refractivity contribution >= 4 is 0 Å². The van der Waals surface area contributed by atoms with Gasteiger partial charge in [-0.15, -0.1) is 0 Å². The lowest BCUT2D eigenvalue weighted by atomic mass is 9.77. The van der Waals surface area contributed by atoms with Crippen LogP contribution in [0.4, 0.5) is 0 Å². The minimum absolute atomic E-state index is 0.0895. The average molecular weight is 260 g/mol. The van der Waals surface area contributed by atoms with Gasteiger partial charge in [0.15, 0.2) is 11.5 Å². The highest BCUT2D eigenvalue weighted by Crippen LogP contribution is 2.42. The molecule has 0 heterocycles. The SMILES string of the molecule is CC(C)(c1ccc(O)cc1)c1cc(O)c(O)cc1O. The molecule has 0 aromatic heterocycles. The third-order valence-corrected chi connectivity index (χ3v) is 3.36. The summed E-state index contributed by atoms with van der Waals surface area (Å²) in [5.41, 5.74) is 0.780.